The van der Waals surface area contributed by atoms with Gasteiger partial charge in [-0.15, -0.1) is 0 Å². The largest absolute Gasteiger partial charge is 0.490 e. The molecule has 2 atom stereocenters. The normalized spacial score (nSPS) is 22.5. The second-order valence-corrected chi connectivity index (χ2v) is 7.30. The molecule has 1 fully saturated rings. The van der Waals surface area contributed by atoms with Crippen molar-refractivity contribution < 1.29 is 17.9 Å². The molecule has 2 unspecified atom stereocenters. The van der Waals surface area contributed by atoms with Crippen molar-refractivity contribution in [2.75, 3.05) is 6.61 Å². The van der Waals surface area contributed by atoms with E-state index in [0.29, 0.717) is 12.2 Å². The molecule has 6 heteroatoms. The van der Waals surface area contributed by atoms with Crippen LogP contribution < -0.4 is 9.88 Å². The fourth-order valence-electron chi connectivity index (χ4n) is 2.72. The molecule has 0 aromatic heterocycles. The third kappa shape index (κ3) is 3.56. The molecule has 0 aliphatic carbocycles. The van der Waals surface area contributed by atoms with E-state index < -0.39 is 10.0 Å². The van der Waals surface area contributed by atoms with Crippen LogP contribution in [-0.4, -0.2) is 27.2 Å². The molecule has 2 N–H and O–H groups in total. The summed E-state index contributed by atoms with van der Waals surface area (Å²) in [5, 5.41) is 5.25. The van der Waals surface area contributed by atoms with E-state index in [1.54, 1.807) is 13.0 Å². The SMILES string of the molecule is Cc1cc(S(N)(=O)=O)c(C)c(C)c1OCC1CCC(C)O1. The van der Waals surface area contributed by atoms with E-state index in [1.165, 1.54) is 0 Å². The maximum Gasteiger partial charge on any atom is 0.238 e. The fraction of sp³-hybridized carbons (Fsp3) is 0.600. The number of ether oxygens (including phenoxy) is 2. The average Bonchev–Trinajstić information content (AvgIpc) is 2.78. The highest BCUT2D eigenvalue weighted by Gasteiger charge is 2.24. The van der Waals surface area contributed by atoms with Gasteiger partial charge in [0.2, 0.25) is 10.0 Å². The second-order valence-electron chi connectivity index (χ2n) is 5.77. The minimum absolute atomic E-state index is 0.108. The van der Waals surface area contributed by atoms with E-state index in [-0.39, 0.29) is 17.1 Å². The van der Waals surface area contributed by atoms with Gasteiger partial charge in [0.15, 0.2) is 0 Å². The van der Waals surface area contributed by atoms with Crippen molar-refractivity contribution in [2.45, 2.75) is 57.6 Å². The lowest BCUT2D eigenvalue weighted by Gasteiger charge is -2.18. The maximum atomic E-state index is 11.6. The molecule has 118 valence electrons. The summed E-state index contributed by atoms with van der Waals surface area (Å²) in [5.41, 5.74) is 2.22. The van der Waals surface area contributed by atoms with Gasteiger partial charge in [-0.2, -0.15) is 0 Å². The fourth-order valence-corrected chi connectivity index (χ4v) is 3.64. The van der Waals surface area contributed by atoms with Crippen molar-refractivity contribution in [3.8, 4) is 5.75 Å². The highest BCUT2D eigenvalue weighted by Crippen LogP contribution is 2.31. The predicted molar refractivity (Wildman–Crippen MR) is 81.1 cm³/mol. The third-order valence-electron chi connectivity index (χ3n) is 4.02. The summed E-state index contributed by atoms with van der Waals surface area (Å²) in [6, 6.07) is 1.57. The molecule has 1 aliphatic rings. The molecule has 0 radical (unpaired) electrons. The zero-order valence-electron chi connectivity index (χ0n) is 13.0. The van der Waals surface area contributed by atoms with Crippen molar-refractivity contribution in [3.63, 3.8) is 0 Å². The number of hydrogen-bond donors (Lipinski definition) is 1. The molecule has 0 spiro atoms. The van der Waals surface area contributed by atoms with Crippen molar-refractivity contribution >= 4 is 10.0 Å². The predicted octanol–water partition coefficient (Wildman–Crippen LogP) is 2.21. The number of aryl methyl sites for hydroxylation is 1. The highest BCUT2D eigenvalue weighted by atomic mass is 32.2. The molecule has 1 aromatic rings. The topological polar surface area (TPSA) is 78.6 Å². The Hall–Kier alpha value is -1.11. The van der Waals surface area contributed by atoms with E-state index in [4.69, 9.17) is 14.6 Å². The Balaban J connectivity index is 2.23. The number of benzene rings is 1. The van der Waals surface area contributed by atoms with Crippen LogP contribution in [0.2, 0.25) is 0 Å². The second kappa shape index (κ2) is 5.94. The van der Waals surface area contributed by atoms with Crippen molar-refractivity contribution in [1.82, 2.24) is 0 Å². The lowest BCUT2D eigenvalue weighted by Crippen LogP contribution is -2.19. The quantitative estimate of drug-likeness (QED) is 0.924. The first kappa shape index (κ1) is 16.3. The Morgan fingerprint density at radius 1 is 1.29 bits per heavy atom. The summed E-state index contributed by atoms with van der Waals surface area (Å²) in [6.45, 7) is 7.97. The van der Waals surface area contributed by atoms with Crippen LogP contribution in [0.4, 0.5) is 0 Å². The first-order valence-electron chi connectivity index (χ1n) is 7.12. The van der Waals surface area contributed by atoms with E-state index in [1.807, 2.05) is 13.8 Å². The van der Waals surface area contributed by atoms with Gasteiger partial charge in [-0.25, -0.2) is 13.6 Å². The smallest absolute Gasteiger partial charge is 0.238 e. The summed E-state index contributed by atoms with van der Waals surface area (Å²) >= 11 is 0. The van der Waals surface area contributed by atoms with Crippen LogP contribution in [0.15, 0.2) is 11.0 Å². The molecule has 1 heterocycles. The van der Waals surface area contributed by atoms with E-state index in [2.05, 4.69) is 6.92 Å². The molecule has 21 heavy (non-hydrogen) atoms. The molecular formula is C15H23NO4S. The molecule has 1 aliphatic heterocycles. The van der Waals surface area contributed by atoms with Crippen LogP contribution in [-0.2, 0) is 14.8 Å². The van der Waals surface area contributed by atoms with Gasteiger partial charge in [0.05, 0.1) is 17.1 Å². The Kier molecular flexibility index (Phi) is 4.60. The average molecular weight is 313 g/mol. The first-order chi connectivity index (χ1) is 9.70. The zero-order chi connectivity index (χ0) is 15.8. The van der Waals surface area contributed by atoms with Gasteiger partial charge in [0.1, 0.15) is 12.4 Å². The van der Waals surface area contributed by atoms with Crippen LogP contribution in [0.25, 0.3) is 0 Å². The molecule has 0 saturated carbocycles. The van der Waals surface area contributed by atoms with Crippen LogP contribution in [0.5, 0.6) is 5.75 Å². The van der Waals surface area contributed by atoms with Crippen molar-refractivity contribution in [2.24, 2.45) is 5.14 Å². The van der Waals surface area contributed by atoms with Gasteiger partial charge >= 0.3 is 0 Å². The van der Waals surface area contributed by atoms with Crippen LogP contribution >= 0.6 is 0 Å². The Morgan fingerprint density at radius 3 is 2.48 bits per heavy atom. The van der Waals surface area contributed by atoms with Gasteiger partial charge in [-0.05, 0) is 63.3 Å². The summed E-state index contributed by atoms with van der Waals surface area (Å²) in [7, 11) is -3.71. The lowest BCUT2D eigenvalue weighted by molar-refractivity contribution is 0.0261. The minimum Gasteiger partial charge on any atom is -0.490 e. The van der Waals surface area contributed by atoms with Gasteiger partial charge in [0, 0.05) is 0 Å². The molecular weight excluding hydrogens is 290 g/mol. The Morgan fingerprint density at radius 2 is 1.95 bits per heavy atom. The number of rotatable bonds is 4. The molecule has 0 amide bonds. The van der Waals surface area contributed by atoms with Crippen molar-refractivity contribution in [1.29, 1.82) is 0 Å². The van der Waals surface area contributed by atoms with E-state index >= 15 is 0 Å². The lowest BCUT2D eigenvalue weighted by atomic mass is 10.1. The standard InChI is InChI=1S/C15H23NO4S/c1-9-7-14(21(16,17)18)11(3)12(4)15(9)19-8-13-6-5-10(2)20-13/h7,10,13H,5-6,8H2,1-4H3,(H2,16,17,18). The van der Waals surface area contributed by atoms with E-state index in [0.717, 1.165) is 29.7 Å². The maximum absolute atomic E-state index is 11.6. The van der Waals surface area contributed by atoms with Gasteiger partial charge in [-0.1, -0.05) is 0 Å². The number of nitrogens with two attached hydrogens (primary N) is 1. The van der Waals surface area contributed by atoms with E-state index in [9.17, 15) is 8.42 Å². The Bertz CT molecular complexity index is 640. The number of hydrogen-bond acceptors (Lipinski definition) is 4. The zero-order valence-corrected chi connectivity index (χ0v) is 13.8. The molecule has 2 rings (SSSR count). The van der Waals surface area contributed by atoms with Crippen LogP contribution in [0.1, 0.15) is 36.5 Å². The monoisotopic (exact) mass is 313 g/mol. The molecule has 1 aromatic carbocycles. The van der Waals surface area contributed by atoms with Crippen LogP contribution in [0.3, 0.4) is 0 Å². The van der Waals surface area contributed by atoms with Crippen LogP contribution in [0, 0.1) is 20.8 Å². The third-order valence-corrected chi connectivity index (χ3v) is 5.06. The van der Waals surface area contributed by atoms with Gasteiger partial charge in [0.25, 0.3) is 0 Å². The molecule has 0 bridgehead atoms. The van der Waals surface area contributed by atoms with Crippen molar-refractivity contribution in [3.05, 3.63) is 22.8 Å². The number of sulfonamides is 1. The first-order valence-corrected chi connectivity index (χ1v) is 8.66. The minimum atomic E-state index is -3.71. The summed E-state index contributed by atoms with van der Waals surface area (Å²) in [5.74, 6) is 0.725. The summed E-state index contributed by atoms with van der Waals surface area (Å²) in [6.07, 6.45) is 2.44. The number of primary sulfonamides is 1. The highest BCUT2D eigenvalue weighted by molar-refractivity contribution is 7.89. The van der Waals surface area contributed by atoms with Gasteiger partial charge in [-0.3, -0.25) is 0 Å². The molecule has 5 nitrogen and oxygen atoms in total. The van der Waals surface area contributed by atoms with Gasteiger partial charge < -0.3 is 9.47 Å². The Labute approximate surface area is 126 Å². The summed E-state index contributed by atoms with van der Waals surface area (Å²) < 4.78 is 34.8. The summed E-state index contributed by atoms with van der Waals surface area (Å²) in [4.78, 5) is 0.163. The molecule has 1 saturated heterocycles.